The molecule has 1 heterocycles. The summed E-state index contributed by atoms with van der Waals surface area (Å²) >= 11 is 0. The van der Waals surface area contributed by atoms with Crippen LogP contribution in [0.2, 0.25) is 0 Å². The molecular formula is C11H13N3O. The topological polar surface area (TPSA) is 49.0 Å². The number of aromatic amines is 1. The molecule has 1 aromatic carbocycles. The fraction of sp³-hybridized carbons (Fsp3) is 0.273. The number of fused-ring (bicyclic) bond motifs is 1. The van der Waals surface area contributed by atoms with E-state index in [1.807, 2.05) is 19.1 Å². The highest BCUT2D eigenvalue weighted by molar-refractivity contribution is 5.98. The van der Waals surface area contributed by atoms with Gasteiger partial charge in [0.1, 0.15) is 0 Å². The van der Waals surface area contributed by atoms with Crippen molar-refractivity contribution in [3.63, 3.8) is 0 Å². The molecule has 0 aliphatic carbocycles. The van der Waals surface area contributed by atoms with Crippen molar-refractivity contribution in [1.29, 1.82) is 0 Å². The fourth-order valence-electron chi connectivity index (χ4n) is 1.61. The lowest BCUT2D eigenvalue weighted by Gasteiger charge is -2.10. The number of amides is 1. The maximum Gasteiger partial charge on any atom is 0.253 e. The summed E-state index contributed by atoms with van der Waals surface area (Å²) in [5.41, 5.74) is 2.65. The van der Waals surface area contributed by atoms with Gasteiger partial charge >= 0.3 is 0 Å². The molecule has 0 aliphatic rings. The quantitative estimate of drug-likeness (QED) is 0.764. The molecular weight excluding hydrogens is 190 g/mol. The molecule has 4 nitrogen and oxygen atoms in total. The molecule has 2 aromatic rings. The van der Waals surface area contributed by atoms with E-state index in [2.05, 4.69) is 10.2 Å². The van der Waals surface area contributed by atoms with E-state index in [-0.39, 0.29) is 5.91 Å². The van der Waals surface area contributed by atoms with Crippen molar-refractivity contribution in [1.82, 2.24) is 15.1 Å². The number of hydrogen-bond acceptors (Lipinski definition) is 2. The van der Waals surface area contributed by atoms with Gasteiger partial charge in [-0.15, -0.1) is 0 Å². The molecule has 15 heavy (non-hydrogen) atoms. The fourth-order valence-corrected chi connectivity index (χ4v) is 1.61. The Hall–Kier alpha value is -1.84. The van der Waals surface area contributed by atoms with Gasteiger partial charge in [-0.2, -0.15) is 5.10 Å². The molecule has 0 bridgehead atoms. The number of hydrogen-bond donors (Lipinski definition) is 1. The number of benzene rings is 1. The van der Waals surface area contributed by atoms with Gasteiger partial charge < -0.3 is 4.90 Å². The Morgan fingerprint density at radius 2 is 2.13 bits per heavy atom. The van der Waals surface area contributed by atoms with Crippen molar-refractivity contribution in [3.8, 4) is 0 Å². The highest BCUT2D eigenvalue weighted by Gasteiger charge is 2.10. The molecule has 0 radical (unpaired) electrons. The van der Waals surface area contributed by atoms with Gasteiger partial charge in [-0.1, -0.05) is 0 Å². The standard InChI is InChI=1S/C11H13N3O/c1-7-4-8(11(15)14(2)3)5-10-9(7)6-12-13-10/h4-6H,1-3H3,(H,12,13). The number of carbonyl (C=O) groups excluding carboxylic acids is 1. The summed E-state index contributed by atoms with van der Waals surface area (Å²) in [6.07, 6.45) is 1.77. The van der Waals surface area contributed by atoms with Crippen molar-refractivity contribution in [2.45, 2.75) is 6.92 Å². The SMILES string of the molecule is Cc1cc(C(=O)N(C)C)cc2[nH]ncc12. The number of rotatable bonds is 1. The van der Waals surface area contributed by atoms with Crippen LogP contribution in [0.5, 0.6) is 0 Å². The smallest absolute Gasteiger partial charge is 0.253 e. The number of nitrogens with one attached hydrogen (secondary N) is 1. The van der Waals surface area contributed by atoms with E-state index in [0.717, 1.165) is 16.5 Å². The van der Waals surface area contributed by atoms with Crippen molar-refractivity contribution in [2.24, 2.45) is 0 Å². The summed E-state index contributed by atoms with van der Waals surface area (Å²) in [7, 11) is 3.49. The summed E-state index contributed by atoms with van der Waals surface area (Å²) in [5.74, 6) is 0.00889. The average Bonchev–Trinajstić information content (AvgIpc) is 2.64. The molecule has 1 amide bonds. The van der Waals surface area contributed by atoms with Crippen molar-refractivity contribution < 1.29 is 4.79 Å². The number of aromatic nitrogens is 2. The predicted molar refractivity (Wildman–Crippen MR) is 58.8 cm³/mol. The Kier molecular flexibility index (Phi) is 2.19. The van der Waals surface area contributed by atoms with Crippen LogP contribution in [0.4, 0.5) is 0 Å². The van der Waals surface area contributed by atoms with Gasteiger partial charge in [-0.25, -0.2) is 0 Å². The molecule has 0 saturated heterocycles. The highest BCUT2D eigenvalue weighted by atomic mass is 16.2. The van der Waals surface area contributed by atoms with Gasteiger partial charge in [0.25, 0.3) is 5.91 Å². The minimum absolute atomic E-state index is 0.00889. The minimum Gasteiger partial charge on any atom is -0.345 e. The molecule has 1 aromatic heterocycles. The van der Waals surface area contributed by atoms with Gasteiger partial charge in [0.05, 0.1) is 11.7 Å². The summed E-state index contributed by atoms with van der Waals surface area (Å²) in [5, 5.41) is 7.89. The van der Waals surface area contributed by atoms with Gasteiger partial charge in [-0.05, 0) is 24.6 Å². The van der Waals surface area contributed by atoms with Crippen LogP contribution in [-0.4, -0.2) is 35.1 Å². The van der Waals surface area contributed by atoms with Crippen LogP contribution >= 0.6 is 0 Å². The molecule has 2 rings (SSSR count). The Morgan fingerprint density at radius 1 is 1.40 bits per heavy atom. The number of H-pyrrole nitrogens is 1. The first-order valence-electron chi connectivity index (χ1n) is 4.75. The lowest BCUT2D eigenvalue weighted by molar-refractivity contribution is 0.0827. The molecule has 4 heteroatoms. The van der Waals surface area contributed by atoms with Gasteiger partial charge in [0.15, 0.2) is 0 Å². The van der Waals surface area contributed by atoms with E-state index >= 15 is 0 Å². The van der Waals surface area contributed by atoms with Gasteiger partial charge in [0.2, 0.25) is 0 Å². The third-order valence-corrected chi connectivity index (χ3v) is 2.42. The molecule has 0 atom stereocenters. The third kappa shape index (κ3) is 1.58. The Morgan fingerprint density at radius 3 is 2.80 bits per heavy atom. The minimum atomic E-state index is 0.00889. The van der Waals surface area contributed by atoms with E-state index in [0.29, 0.717) is 5.56 Å². The second-order valence-electron chi connectivity index (χ2n) is 3.82. The van der Waals surface area contributed by atoms with E-state index in [9.17, 15) is 4.79 Å². The van der Waals surface area contributed by atoms with Crippen LogP contribution < -0.4 is 0 Å². The molecule has 1 N–H and O–H groups in total. The first-order valence-corrected chi connectivity index (χ1v) is 4.75. The summed E-state index contributed by atoms with van der Waals surface area (Å²) in [6, 6.07) is 3.72. The first kappa shape index (κ1) is 9.71. The number of carbonyl (C=O) groups is 1. The van der Waals surface area contributed by atoms with Crippen molar-refractivity contribution >= 4 is 16.8 Å². The molecule has 0 saturated carbocycles. The third-order valence-electron chi connectivity index (χ3n) is 2.42. The second kappa shape index (κ2) is 3.38. The summed E-state index contributed by atoms with van der Waals surface area (Å²) < 4.78 is 0. The molecule has 78 valence electrons. The second-order valence-corrected chi connectivity index (χ2v) is 3.82. The zero-order valence-corrected chi connectivity index (χ0v) is 9.03. The Bertz CT molecular complexity index is 514. The van der Waals surface area contributed by atoms with Crippen LogP contribution in [0.3, 0.4) is 0 Å². The van der Waals surface area contributed by atoms with Crippen molar-refractivity contribution in [2.75, 3.05) is 14.1 Å². The van der Waals surface area contributed by atoms with Crippen LogP contribution in [0, 0.1) is 6.92 Å². The molecule has 0 fully saturated rings. The van der Waals surface area contributed by atoms with Crippen LogP contribution in [0.15, 0.2) is 18.3 Å². The molecule has 0 spiro atoms. The Labute approximate surface area is 87.9 Å². The zero-order chi connectivity index (χ0) is 11.0. The van der Waals surface area contributed by atoms with Gasteiger partial charge in [0, 0.05) is 25.0 Å². The lowest BCUT2D eigenvalue weighted by Crippen LogP contribution is -2.21. The van der Waals surface area contributed by atoms with Crippen molar-refractivity contribution in [3.05, 3.63) is 29.5 Å². The van der Waals surface area contributed by atoms with Crippen LogP contribution in [0.25, 0.3) is 10.9 Å². The Balaban J connectivity index is 2.59. The average molecular weight is 203 g/mol. The lowest BCUT2D eigenvalue weighted by atomic mass is 10.1. The normalized spacial score (nSPS) is 10.6. The van der Waals surface area contributed by atoms with Crippen LogP contribution in [0.1, 0.15) is 15.9 Å². The maximum atomic E-state index is 11.8. The number of aryl methyl sites for hydroxylation is 1. The molecule has 0 unspecified atom stereocenters. The largest absolute Gasteiger partial charge is 0.345 e. The maximum absolute atomic E-state index is 11.8. The van der Waals surface area contributed by atoms with E-state index in [4.69, 9.17) is 0 Å². The van der Waals surface area contributed by atoms with E-state index < -0.39 is 0 Å². The molecule has 0 aliphatic heterocycles. The predicted octanol–water partition coefficient (Wildman–Crippen LogP) is 1.57. The first-order chi connectivity index (χ1) is 7.09. The zero-order valence-electron chi connectivity index (χ0n) is 9.03. The summed E-state index contributed by atoms with van der Waals surface area (Å²) in [4.78, 5) is 13.3. The monoisotopic (exact) mass is 203 g/mol. The van der Waals surface area contributed by atoms with Crippen LogP contribution in [-0.2, 0) is 0 Å². The van der Waals surface area contributed by atoms with Gasteiger partial charge in [-0.3, -0.25) is 9.89 Å². The van der Waals surface area contributed by atoms with E-state index in [1.165, 1.54) is 0 Å². The highest BCUT2D eigenvalue weighted by Crippen LogP contribution is 2.18. The summed E-state index contributed by atoms with van der Waals surface area (Å²) in [6.45, 7) is 1.98. The number of nitrogens with zero attached hydrogens (tertiary/aromatic N) is 2. The van der Waals surface area contributed by atoms with E-state index in [1.54, 1.807) is 25.2 Å².